The van der Waals surface area contributed by atoms with Gasteiger partial charge in [0.1, 0.15) is 24.5 Å². The second-order valence-corrected chi connectivity index (χ2v) is 21.4. The van der Waals surface area contributed by atoms with Gasteiger partial charge in [-0.05, 0) is 52.8 Å². The smallest absolute Gasteiger partial charge is 0.428 e. The maximum absolute atomic E-state index is 14.2. The number of piperidine rings is 1. The first-order chi connectivity index (χ1) is 29.0. The predicted octanol–water partition coefficient (Wildman–Crippen LogP) is 6.62. The number of aromatic amines is 1. The van der Waals surface area contributed by atoms with E-state index in [1.54, 1.807) is 6.92 Å². The number of aryl methyl sites for hydroxylation is 1. The zero-order valence-corrected chi connectivity index (χ0v) is 36.1. The second-order valence-electron chi connectivity index (χ2n) is 17.1. The standard InChI is InChI=1S/C48H58N4O7Si/c1-35-30-52(46(54)50-45(35)53)44-29-41(43(57-44)34-56-60(48(2,3)4,39-24-13-7-14-25-39)40-26-15-8-16-27-40)58-47(55)59-42(37-21-11-6-12-22-37)33-51(31-36-19-9-5-10-20-36)32-38-23-17-18-28-49-38/h5-16,19-22,24-27,30,38,41-44,49H,17-18,23,28-29,31-34H2,1-4H3,(H,50,53,54)/t38?,41-,42?,43+,44+/m0/s1. The third-order valence-corrected chi connectivity index (χ3v) is 16.7. The maximum atomic E-state index is 14.2. The SMILES string of the molecule is Cc1cn([C@H]2C[C@H](OC(=O)OC(CN(Cc3ccccc3)CC3CCCCN3)c3ccccc3)[C@@H](CO[Si](c3ccccc3)(c3ccccc3)C(C)(C)C)O2)c(=O)[nH]c1=O. The Labute approximate surface area is 353 Å². The second kappa shape index (κ2) is 19.5. The van der Waals surface area contributed by atoms with Gasteiger partial charge >= 0.3 is 11.8 Å². The number of hydrogen-bond donors (Lipinski definition) is 2. The zero-order valence-electron chi connectivity index (χ0n) is 35.1. The van der Waals surface area contributed by atoms with Crippen LogP contribution in [0, 0.1) is 6.92 Å². The molecule has 316 valence electrons. The Kier molecular flexibility index (Phi) is 14.0. The summed E-state index contributed by atoms with van der Waals surface area (Å²) < 4.78 is 27.8. The fraction of sp³-hybridized carbons (Fsp3) is 0.396. The van der Waals surface area contributed by atoms with E-state index in [2.05, 4.69) is 72.4 Å². The number of H-pyrrole nitrogens is 1. The summed E-state index contributed by atoms with van der Waals surface area (Å²) in [5.41, 5.74) is 1.31. The summed E-state index contributed by atoms with van der Waals surface area (Å²) in [6.07, 6.45) is 1.12. The Hall–Kier alpha value is -5.11. The molecule has 0 aliphatic carbocycles. The lowest BCUT2D eigenvalue weighted by molar-refractivity contribution is -0.0620. The third-order valence-electron chi connectivity index (χ3n) is 11.7. The van der Waals surface area contributed by atoms with E-state index in [9.17, 15) is 14.4 Å². The molecule has 5 aromatic rings. The van der Waals surface area contributed by atoms with E-state index in [1.165, 1.54) is 29.2 Å². The van der Waals surface area contributed by atoms with Gasteiger partial charge in [-0.1, -0.05) is 149 Å². The molecule has 2 saturated heterocycles. The molecule has 2 aliphatic heterocycles. The van der Waals surface area contributed by atoms with Gasteiger partial charge in [0.2, 0.25) is 0 Å². The molecule has 0 radical (unpaired) electrons. The van der Waals surface area contributed by atoms with E-state index in [1.807, 2.05) is 84.9 Å². The van der Waals surface area contributed by atoms with Crippen molar-refractivity contribution >= 4 is 24.8 Å². The minimum Gasteiger partial charge on any atom is -0.428 e. The molecule has 4 aromatic carbocycles. The molecule has 2 fully saturated rings. The molecular formula is C48H58N4O7Si. The lowest BCUT2D eigenvalue weighted by atomic mass is 10.0. The maximum Gasteiger partial charge on any atom is 0.509 e. The summed E-state index contributed by atoms with van der Waals surface area (Å²) in [4.78, 5) is 44.5. The monoisotopic (exact) mass is 830 g/mol. The van der Waals surface area contributed by atoms with Crippen molar-refractivity contribution in [3.63, 3.8) is 0 Å². The van der Waals surface area contributed by atoms with Crippen LogP contribution in [0.5, 0.6) is 0 Å². The molecular weight excluding hydrogens is 773 g/mol. The van der Waals surface area contributed by atoms with Crippen molar-refractivity contribution < 1.29 is 23.4 Å². The van der Waals surface area contributed by atoms with Crippen molar-refractivity contribution in [3.05, 3.63) is 165 Å². The van der Waals surface area contributed by atoms with Crippen LogP contribution in [0.25, 0.3) is 0 Å². The normalized spacial score (nSPS) is 20.1. The topological polar surface area (TPSA) is 124 Å². The number of ether oxygens (including phenoxy) is 3. The van der Waals surface area contributed by atoms with Gasteiger partial charge in [-0.3, -0.25) is 19.2 Å². The molecule has 7 rings (SSSR count). The number of nitrogens with one attached hydrogen (secondary N) is 2. The van der Waals surface area contributed by atoms with Gasteiger partial charge in [-0.2, -0.15) is 0 Å². The van der Waals surface area contributed by atoms with E-state index in [-0.39, 0.29) is 18.1 Å². The average molecular weight is 831 g/mol. The summed E-state index contributed by atoms with van der Waals surface area (Å²) in [6, 6.07) is 41.0. The molecule has 2 aliphatic rings. The van der Waals surface area contributed by atoms with Crippen LogP contribution < -0.4 is 26.9 Å². The zero-order chi connectivity index (χ0) is 42.1. The van der Waals surface area contributed by atoms with Crippen molar-refractivity contribution in [3.8, 4) is 0 Å². The molecule has 0 amide bonds. The molecule has 1 aromatic heterocycles. The van der Waals surface area contributed by atoms with Crippen LogP contribution in [0.3, 0.4) is 0 Å². The van der Waals surface area contributed by atoms with Crippen LogP contribution in [0.15, 0.2) is 137 Å². The van der Waals surface area contributed by atoms with Crippen molar-refractivity contribution in [1.82, 2.24) is 19.8 Å². The lowest BCUT2D eigenvalue weighted by Crippen LogP contribution is -2.67. The van der Waals surface area contributed by atoms with E-state index in [0.29, 0.717) is 24.7 Å². The molecule has 12 heteroatoms. The Morgan fingerprint density at radius 1 is 0.883 bits per heavy atom. The van der Waals surface area contributed by atoms with Gasteiger partial charge in [0.15, 0.2) is 0 Å². The third kappa shape index (κ3) is 10.2. The van der Waals surface area contributed by atoms with Crippen LogP contribution in [0.1, 0.15) is 75.5 Å². The van der Waals surface area contributed by atoms with Crippen LogP contribution in [0.4, 0.5) is 4.79 Å². The molecule has 0 saturated carbocycles. The van der Waals surface area contributed by atoms with Crippen LogP contribution >= 0.6 is 0 Å². The molecule has 11 nitrogen and oxygen atoms in total. The first kappa shape index (κ1) is 43.0. The number of benzene rings is 4. The number of hydrogen-bond acceptors (Lipinski definition) is 9. The Balaban J connectivity index is 1.17. The minimum atomic E-state index is -3.03. The van der Waals surface area contributed by atoms with Crippen molar-refractivity contribution in [1.29, 1.82) is 0 Å². The van der Waals surface area contributed by atoms with Crippen LogP contribution in [-0.4, -0.2) is 73.4 Å². The molecule has 0 bridgehead atoms. The summed E-state index contributed by atoms with van der Waals surface area (Å²) in [5.74, 6) is 0. The van der Waals surface area contributed by atoms with Gasteiger partial charge in [0.25, 0.3) is 13.9 Å². The summed E-state index contributed by atoms with van der Waals surface area (Å²) in [5, 5.41) is 5.55. The van der Waals surface area contributed by atoms with E-state index in [4.69, 9.17) is 18.6 Å². The Morgan fingerprint density at radius 2 is 1.50 bits per heavy atom. The first-order valence-electron chi connectivity index (χ1n) is 21.1. The highest BCUT2D eigenvalue weighted by molar-refractivity contribution is 6.99. The Morgan fingerprint density at radius 3 is 2.10 bits per heavy atom. The quantitative estimate of drug-likeness (QED) is 0.0886. The number of rotatable bonds is 15. The number of carbonyl (C=O) groups excluding carboxylic acids is 1. The van der Waals surface area contributed by atoms with Gasteiger partial charge in [0, 0.05) is 43.9 Å². The van der Waals surface area contributed by atoms with Crippen molar-refractivity contribution in [2.45, 2.75) is 95.5 Å². The minimum absolute atomic E-state index is 0.0696. The van der Waals surface area contributed by atoms with Crippen molar-refractivity contribution in [2.75, 3.05) is 26.2 Å². The molecule has 0 spiro atoms. The van der Waals surface area contributed by atoms with Gasteiger partial charge in [-0.15, -0.1) is 0 Å². The number of carbonyl (C=O) groups is 1. The largest absolute Gasteiger partial charge is 0.509 e. The van der Waals surface area contributed by atoms with E-state index >= 15 is 0 Å². The summed E-state index contributed by atoms with van der Waals surface area (Å²) >= 11 is 0. The van der Waals surface area contributed by atoms with Gasteiger partial charge < -0.3 is 24.0 Å². The van der Waals surface area contributed by atoms with Crippen LogP contribution in [0.2, 0.25) is 5.04 Å². The summed E-state index contributed by atoms with van der Waals surface area (Å²) in [7, 11) is -3.03. The highest BCUT2D eigenvalue weighted by Crippen LogP contribution is 2.39. The number of aromatic nitrogens is 2. The van der Waals surface area contributed by atoms with Gasteiger partial charge in [-0.25, -0.2) is 9.59 Å². The Bertz CT molecular complexity index is 2200. The predicted molar refractivity (Wildman–Crippen MR) is 236 cm³/mol. The van der Waals surface area contributed by atoms with E-state index < -0.39 is 50.3 Å². The van der Waals surface area contributed by atoms with Crippen molar-refractivity contribution in [2.24, 2.45) is 0 Å². The fourth-order valence-electron chi connectivity index (χ4n) is 8.73. The lowest BCUT2D eigenvalue weighted by Gasteiger charge is -2.43. The number of nitrogens with zero attached hydrogens (tertiary/aromatic N) is 2. The van der Waals surface area contributed by atoms with Gasteiger partial charge in [0.05, 0.1) is 6.61 Å². The highest BCUT2D eigenvalue weighted by Gasteiger charge is 2.52. The average Bonchev–Trinajstić information content (AvgIpc) is 3.65. The molecule has 2 unspecified atom stereocenters. The highest BCUT2D eigenvalue weighted by atomic mass is 28.4. The van der Waals surface area contributed by atoms with E-state index in [0.717, 1.165) is 35.4 Å². The first-order valence-corrected chi connectivity index (χ1v) is 23.1. The molecule has 60 heavy (non-hydrogen) atoms. The molecule has 2 N–H and O–H groups in total. The summed E-state index contributed by atoms with van der Waals surface area (Å²) in [6.45, 7) is 11.2. The van der Waals surface area contributed by atoms with Crippen LogP contribution in [-0.2, 0) is 25.2 Å². The fourth-order valence-corrected chi connectivity index (χ4v) is 13.3. The molecule has 3 heterocycles. The molecule has 5 atom stereocenters.